The van der Waals surface area contributed by atoms with Crippen LogP contribution in [0.5, 0.6) is 0 Å². The lowest BCUT2D eigenvalue weighted by molar-refractivity contribution is -0.145. The van der Waals surface area contributed by atoms with Gasteiger partial charge < -0.3 is 9.64 Å². The lowest BCUT2D eigenvalue weighted by atomic mass is 9.93. The normalized spacial score (nSPS) is 18.9. The van der Waals surface area contributed by atoms with E-state index >= 15 is 0 Å². The van der Waals surface area contributed by atoms with Crippen LogP contribution in [0.3, 0.4) is 0 Å². The van der Waals surface area contributed by atoms with E-state index < -0.39 is 0 Å². The summed E-state index contributed by atoms with van der Waals surface area (Å²) in [4.78, 5) is 25.4. The SMILES string of the molecule is CCOC(=O)C[C@@H]1CCN(Cc2ccccc2)C(=O)C1. The molecule has 1 aromatic rings. The number of nitrogens with zero attached hydrogens (tertiary/aromatic N) is 1. The van der Waals surface area contributed by atoms with Gasteiger partial charge in [-0.15, -0.1) is 0 Å². The second-order valence-electron chi connectivity index (χ2n) is 5.17. The van der Waals surface area contributed by atoms with Crippen LogP contribution in [0.15, 0.2) is 30.3 Å². The summed E-state index contributed by atoms with van der Waals surface area (Å²) >= 11 is 0. The standard InChI is InChI=1S/C16H21NO3/c1-2-20-16(19)11-14-8-9-17(15(18)10-14)12-13-6-4-3-5-7-13/h3-7,14H,2,8-12H2,1H3/t14-/m1/s1. The summed E-state index contributed by atoms with van der Waals surface area (Å²) in [5.74, 6) is 0.0739. The Bertz CT molecular complexity index is 458. The van der Waals surface area contributed by atoms with Gasteiger partial charge in [0.15, 0.2) is 0 Å². The van der Waals surface area contributed by atoms with Crippen LogP contribution >= 0.6 is 0 Å². The Morgan fingerprint density at radius 2 is 2.10 bits per heavy atom. The van der Waals surface area contributed by atoms with Crippen LogP contribution < -0.4 is 0 Å². The third kappa shape index (κ3) is 4.08. The van der Waals surface area contributed by atoms with Gasteiger partial charge >= 0.3 is 5.97 Å². The van der Waals surface area contributed by atoms with Gasteiger partial charge in [-0.3, -0.25) is 9.59 Å². The van der Waals surface area contributed by atoms with Crippen LogP contribution in [0.4, 0.5) is 0 Å². The highest BCUT2D eigenvalue weighted by atomic mass is 16.5. The molecule has 0 radical (unpaired) electrons. The van der Waals surface area contributed by atoms with Crippen molar-refractivity contribution in [3.8, 4) is 0 Å². The molecule has 0 bridgehead atoms. The Labute approximate surface area is 119 Å². The molecule has 0 unspecified atom stereocenters. The molecule has 4 nitrogen and oxygen atoms in total. The van der Waals surface area contributed by atoms with Crippen molar-refractivity contribution in [2.75, 3.05) is 13.2 Å². The molecule has 0 N–H and O–H groups in total. The topological polar surface area (TPSA) is 46.6 Å². The maximum absolute atomic E-state index is 12.1. The minimum Gasteiger partial charge on any atom is -0.466 e. The fraction of sp³-hybridized carbons (Fsp3) is 0.500. The third-order valence-electron chi connectivity index (χ3n) is 3.60. The Hall–Kier alpha value is -1.84. The number of rotatable bonds is 5. The number of amides is 1. The van der Waals surface area contributed by atoms with Crippen molar-refractivity contribution in [3.63, 3.8) is 0 Å². The molecule has 108 valence electrons. The Morgan fingerprint density at radius 3 is 2.75 bits per heavy atom. The highest BCUT2D eigenvalue weighted by Gasteiger charge is 2.27. The van der Waals surface area contributed by atoms with Gasteiger partial charge in [-0.25, -0.2) is 0 Å². The van der Waals surface area contributed by atoms with Gasteiger partial charge in [0.1, 0.15) is 0 Å². The van der Waals surface area contributed by atoms with E-state index in [2.05, 4.69) is 0 Å². The minimum atomic E-state index is -0.193. The molecule has 2 rings (SSSR count). The van der Waals surface area contributed by atoms with Crippen molar-refractivity contribution in [1.82, 2.24) is 4.90 Å². The average molecular weight is 275 g/mol. The predicted molar refractivity (Wildman–Crippen MR) is 75.8 cm³/mol. The first-order chi connectivity index (χ1) is 9.69. The summed E-state index contributed by atoms with van der Waals surface area (Å²) in [5, 5.41) is 0. The fourth-order valence-corrected chi connectivity index (χ4v) is 2.54. The summed E-state index contributed by atoms with van der Waals surface area (Å²) in [6.45, 7) is 3.58. The van der Waals surface area contributed by atoms with Crippen LogP contribution in [0.2, 0.25) is 0 Å². The summed E-state index contributed by atoms with van der Waals surface area (Å²) in [5.41, 5.74) is 1.14. The Balaban J connectivity index is 1.83. The quantitative estimate of drug-likeness (QED) is 0.775. The zero-order valence-electron chi connectivity index (χ0n) is 11.9. The number of carbonyl (C=O) groups is 2. The van der Waals surface area contributed by atoms with Crippen molar-refractivity contribution >= 4 is 11.9 Å². The number of ether oxygens (including phenoxy) is 1. The maximum atomic E-state index is 12.1. The lowest BCUT2D eigenvalue weighted by Gasteiger charge is -2.31. The molecule has 0 aromatic heterocycles. The molecule has 0 spiro atoms. The number of carbonyl (C=O) groups excluding carboxylic acids is 2. The maximum Gasteiger partial charge on any atom is 0.306 e. The first kappa shape index (κ1) is 14.6. The van der Waals surface area contributed by atoms with Crippen molar-refractivity contribution in [1.29, 1.82) is 0 Å². The number of piperidine rings is 1. The van der Waals surface area contributed by atoms with Crippen molar-refractivity contribution < 1.29 is 14.3 Å². The summed E-state index contributed by atoms with van der Waals surface area (Å²) < 4.78 is 4.94. The van der Waals surface area contributed by atoms with Gasteiger partial charge in [0, 0.05) is 25.9 Å². The van der Waals surface area contributed by atoms with Crippen LogP contribution in [0.1, 0.15) is 31.7 Å². The minimum absolute atomic E-state index is 0.133. The van der Waals surface area contributed by atoms with E-state index in [1.807, 2.05) is 35.2 Å². The Morgan fingerprint density at radius 1 is 1.35 bits per heavy atom. The zero-order chi connectivity index (χ0) is 14.4. The van der Waals surface area contributed by atoms with E-state index in [0.29, 0.717) is 26.0 Å². The molecule has 1 aromatic carbocycles. The average Bonchev–Trinajstić information content (AvgIpc) is 2.43. The van der Waals surface area contributed by atoms with Gasteiger partial charge in [0.05, 0.1) is 6.61 Å². The molecule has 1 heterocycles. The van der Waals surface area contributed by atoms with Gasteiger partial charge in [0.2, 0.25) is 5.91 Å². The van der Waals surface area contributed by atoms with E-state index in [4.69, 9.17) is 4.74 Å². The van der Waals surface area contributed by atoms with E-state index in [1.165, 1.54) is 0 Å². The summed E-state index contributed by atoms with van der Waals surface area (Å²) in [6, 6.07) is 9.98. The monoisotopic (exact) mass is 275 g/mol. The van der Waals surface area contributed by atoms with Crippen LogP contribution in [-0.2, 0) is 20.9 Å². The number of likely N-dealkylation sites (tertiary alicyclic amines) is 1. The zero-order valence-corrected chi connectivity index (χ0v) is 11.9. The predicted octanol–water partition coefficient (Wildman–Crippen LogP) is 2.38. The van der Waals surface area contributed by atoms with Crippen molar-refractivity contribution in [2.45, 2.75) is 32.7 Å². The van der Waals surface area contributed by atoms with E-state index in [9.17, 15) is 9.59 Å². The number of hydrogen-bond acceptors (Lipinski definition) is 3. The first-order valence-corrected chi connectivity index (χ1v) is 7.16. The number of benzene rings is 1. The smallest absolute Gasteiger partial charge is 0.306 e. The van der Waals surface area contributed by atoms with E-state index in [1.54, 1.807) is 6.92 Å². The molecule has 4 heteroatoms. The largest absolute Gasteiger partial charge is 0.466 e. The first-order valence-electron chi connectivity index (χ1n) is 7.16. The lowest BCUT2D eigenvalue weighted by Crippen LogP contribution is -2.38. The molecule has 0 saturated carbocycles. The molecule has 1 atom stereocenters. The van der Waals surface area contributed by atoms with E-state index in [-0.39, 0.29) is 17.8 Å². The molecule has 1 saturated heterocycles. The van der Waals surface area contributed by atoms with Gasteiger partial charge in [0.25, 0.3) is 0 Å². The molecule has 1 aliphatic rings. The highest BCUT2D eigenvalue weighted by molar-refractivity contribution is 5.78. The fourth-order valence-electron chi connectivity index (χ4n) is 2.54. The Kier molecular flexibility index (Phi) is 5.16. The molecular weight excluding hydrogens is 254 g/mol. The number of hydrogen-bond donors (Lipinski definition) is 0. The molecule has 0 aliphatic carbocycles. The van der Waals surface area contributed by atoms with Crippen molar-refractivity contribution in [3.05, 3.63) is 35.9 Å². The molecule has 1 aliphatic heterocycles. The second kappa shape index (κ2) is 7.08. The van der Waals surface area contributed by atoms with Gasteiger partial charge in [-0.05, 0) is 24.8 Å². The second-order valence-corrected chi connectivity index (χ2v) is 5.17. The highest BCUT2D eigenvalue weighted by Crippen LogP contribution is 2.23. The molecule has 1 amide bonds. The summed E-state index contributed by atoms with van der Waals surface area (Å²) in [6.07, 6.45) is 1.68. The van der Waals surface area contributed by atoms with Crippen molar-refractivity contribution in [2.24, 2.45) is 5.92 Å². The molecule has 1 fully saturated rings. The van der Waals surface area contributed by atoms with Crippen LogP contribution in [0, 0.1) is 5.92 Å². The van der Waals surface area contributed by atoms with E-state index in [0.717, 1.165) is 18.5 Å². The summed E-state index contributed by atoms with van der Waals surface area (Å²) in [7, 11) is 0. The van der Waals surface area contributed by atoms with Crippen LogP contribution in [-0.4, -0.2) is 29.9 Å². The number of esters is 1. The van der Waals surface area contributed by atoms with Crippen LogP contribution in [0.25, 0.3) is 0 Å². The van der Waals surface area contributed by atoms with Gasteiger partial charge in [-0.2, -0.15) is 0 Å². The molecule has 20 heavy (non-hydrogen) atoms. The molecular formula is C16H21NO3. The third-order valence-corrected chi connectivity index (χ3v) is 3.60. The van der Waals surface area contributed by atoms with Gasteiger partial charge in [-0.1, -0.05) is 30.3 Å².